The Balaban J connectivity index is 1.89. The normalized spacial score (nSPS) is 19.9. The molecule has 0 radical (unpaired) electrons. The highest BCUT2D eigenvalue weighted by Crippen LogP contribution is 2.32. The van der Waals surface area contributed by atoms with Crippen LogP contribution in [0.4, 0.5) is 0 Å². The van der Waals surface area contributed by atoms with E-state index < -0.39 is 11.3 Å². The van der Waals surface area contributed by atoms with Crippen LogP contribution in [0.15, 0.2) is 48.5 Å². The molecule has 0 saturated carbocycles. The molecule has 2 N–H and O–H groups in total. The van der Waals surface area contributed by atoms with Gasteiger partial charge in [-0.25, -0.2) is 0 Å². The predicted octanol–water partition coefficient (Wildman–Crippen LogP) is 5.48. The van der Waals surface area contributed by atoms with Crippen LogP contribution in [0.2, 0.25) is 0 Å². The molecular weight excluding hydrogens is 416 g/mol. The van der Waals surface area contributed by atoms with Gasteiger partial charge in [0.1, 0.15) is 6.04 Å². The maximum atomic E-state index is 13.1. The van der Waals surface area contributed by atoms with Crippen molar-refractivity contribution in [3.05, 3.63) is 59.7 Å². The van der Waals surface area contributed by atoms with Gasteiger partial charge in [-0.2, -0.15) is 12.6 Å². The Hall–Kier alpha value is -2.27. The molecule has 4 atom stereocenters. The van der Waals surface area contributed by atoms with Gasteiger partial charge < -0.3 is 10.6 Å². The monoisotopic (exact) mass is 452 g/mol. The first kappa shape index (κ1) is 24.4. The first-order chi connectivity index (χ1) is 15.4. The Labute approximate surface area is 198 Å². The van der Waals surface area contributed by atoms with E-state index in [1.807, 2.05) is 32.0 Å². The Morgan fingerprint density at radius 2 is 1.88 bits per heavy atom. The van der Waals surface area contributed by atoms with Gasteiger partial charge in [-0.05, 0) is 40.7 Å². The van der Waals surface area contributed by atoms with Crippen LogP contribution in [-0.4, -0.2) is 23.1 Å². The van der Waals surface area contributed by atoms with Crippen LogP contribution in [0.25, 0.3) is 11.1 Å². The number of unbranched alkanes of at least 4 members (excludes halogenated alkanes) is 2. The molecule has 0 spiro atoms. The van der Waals surface area contributed by atoms with E-state index in [-0.39, 0.29) is 23.8 Å². The number of nitrogens with one attached hydrogen (secondary N) is 2. The summed E-state index contributed by atoms with van der Waals surface area (Å²) < 4.78 is 0. The largest absolute Gasteiger partial charge is 0.347 e. The van der Waals surface area contributed by atoms with Crippen molar-refractivity contribution in [3.8, 4) is 11.1 Å². The Morgan fingerprint density at radius 3 is 2.56 bits per heavy atom. The second-order valence-corrected chi connectivity index (χ2v) is 9.49. The third kappa shape index (κ3) is 5.94. The van der Waals surface area contributed by atoms with E-state index >= 15 is 0 Å². The van der Waals surface area contributed by atoms with E-state index in [1.165, 1.54) is 0 Å². The SMILES string of the molecule is CCCCCC1NC(=O)[C@@H](NC(=O)[C@@H](S)[C@H](C)CC)Cc2ccc(-c3ccccc3)cc21. The predicted molar refractivity (Wildman–Crippen MR) is 135 cm³/mol. The second kappa shape index (κ2) is 11.6. The maximum Gasteiger partial charge on any atom is 0.243 e. The lowest BCUT2D eigenvalue weighted by molar-refractivity contribution is -0.129. The zero-order chi connectivity index (χ0) is 23.1. The van der Waals surface area contributed by atoms with Crippen molar-refractivity contribution in [2.75, 3.05) is 0 Å². The van der Waals surface area contributed by atoms with Gasteiger partial charge >= 0.3 is 0 Å². The summed E-state index contributed by atoms with van der Waals surface area (Å²) in [6.45, 7) is 6.24. The average Bonchev–Trinajstić information content (AvgIpc) is 2.94. The highest BCUT2D eigenvalue weighted by molar-refractivity contribution is 7.81. The van der Waals surface area contributed by atoms with Crippen molar-refractivity contribution in [2.45, 2.75) is 76.6 Å². The van der Waals surface area contributed by atoms with Gasteiger partial charge in [-0.3, -0.25) is 9.59 Å². The third-order valence-corrected chi connectivity index (χ3v) is 7.29. The van der Waals surface area contributed by atoms with Crippen LogP contribution >= 0.6 is 12.6 Å². The summed E-state index contributed by atoms with van der Waals surface area (Å²) >= 11 is 4.50. The van der Waals surface area contributed by atoms with Gasteiger partial charge in [0, 0.05) is 6.42 Å². The summed E-state index contributed by atoms with van der Waals surface area (Å²) in [7, 11) is 0. The fourth-order valence-electron chi connectivity index (χ4n) is 4.26. The molecule has 2 aromatic carbocycles. The molecule has 1 aliphatic heterocycles. The summed E-state index contributed by atoms with van der Waals surface area (Å²) in [6.07, 6.45) is 5.58. The molecule has 1 aliphatic rings. The van der Waals surface area contributed by atoms with Crippen molar-refractivity contribution in [3.63, 3.8) is 0 Å². The molecule has 4 nitrogen and oxygen atoms in total. The van der Waals surface area contributed by atoms with Crippen LogP contribution in [0.5, 0.6) is 0 Å². The molecule has 0 bridgehead atoms. The molecule has 2 amide bonds. The van der Waals surface area contributed by atoms with Crippen molar-refractivity contribution < 1.29 is 9.59 Å². The number of hydrogen-bond donors (Lipinski definition) is 3. The summed E-state index contributed by atoms with van der Waals surface area (Å²) in [6, 6.07) is 16.1. The number of carbonyl (C=O) groups excluding carboxylic acids is 2. The topological polar surface area (TPSA) is 58.2 Å². The molecule has 0 aromatic heterocycles. The lowest BCUT2D eigenvalue weighted by atomic mass is 9.91. The van der Waals surface area contributed by atoms with Gasteiger partial charge in [0.2, 0.25) is 11.8 Å². The molecule has 5 heteroatoms. The molecule has 32 heavy (non-hydrogen) atoms. The lowest BCUT2D eigenvalue weighted by Crippen LogP contribution is -2.50. The number of benzene rings is 2. The van der Waals surface area contributed by atoms with Crippen molar-refractivity contribution >= 4 is 24.4 Å². The Kier molecular flexibility index (Phi) is 8.80. The van der Waals surface area contributed by atoms with E-state index in [0.29, 0.717) is 6.42 Å². The van der Waals surface area contributed by atoms with Gasteiger partial charge in [0.05, 0.1) is 11.3 Å². The molecular formula is C27H36N2O2S. The number of carbonyl (C=O) groups is 2. The first-order valence-corrected chi connectivity index (χ1v) is 12.4. The van der Waals surface area contributed by atoms with E-state index in [4.69, 9.17) is 0 Å². The summed E-state index contributed by atoms with van der Waals surface area (Å²) in [4.78, 5) is 25.9. The van der Waals surface area contributed by atoms with Gasteiger partial charge in [-0.1, -0.05) is 88.9 Å². The van der Waals surface area contributed by atoms with Crippen LogP contribution in [0.3, 0.4) is 0 Å². The molecule has 0 saturated heterocycles. The maximum absolute atomic E-state index is 13.1. The summed E-state index contributed by atoms with van der Waals surface area (Å²) in [5.74, 6) is -0.133. The van der Waals surface area contributed by atoms with Gasteiger partial charge in [-0.15, -0.1) is 0 Å². The molecule has 1 unspecified atom stereocenters. The van der Waals surface area contributed by atoms with Crippen molar-refractivity contribution in [1.29, 1.82) is 0 Å². The number of fused-ring (bicyclic) bond motifs is 1. The highest BCUT2D eigenvalue weighted by atomic mass is 32.1. The van der Waals surface area contributed by atoms with Crippen LogP contribution < -0.4 is 10.6 Å². The molecule has 3 rings (SSSR count). The van der Waals surface area contributed by atoms with Gasteiger partial charge in [0.15, 0.2) is 0 Å². The zero-order valence-corrected chi connectivity index (χ0v) is 20.3. The van der Waals surface area contributed by atoms with Crippen LogP contribution in [0.1, 0.15) is 70.0 Å². The number of amides is 2. The average molecular weight is 453 g/mol. The lowest BCUT2D eigenvalue weighted by Gasteiger charge is -2.22. The third-order valence-electron chi connectivity index (χ3n) is 6.55. The number of rotatable bonds is 9. The smallest absolute Gasteiger partial charge is 0.243 e. The molecule has 1 heterocycles. The molecule has 0 aliphatic carbocycles. The van der Waals surface area contributed by atoms with Crippen LogP contribution in [-0.2, 0) is 16.0 Å². The highest BCUT2D eigenvalue weighted by Gasteiger charge is 2.32. The van der Waals surface area contributed by atoms with Crippen molar-refractivity contribution in [2.24, 2.45) is 5.92 Å². The van der Waals surface area contributed by atoms with E-state index in [2.05, 4.69) is 60.5 Å². The minimum absolute atomic E-state index is 0.0454. The zero-order valence-electron chi connectivity index (χ0n) is 19.4. The van der Waals surface area contributed by atoms with E-state index in [0.717, 1.165) is 54.4 Å². The summed E-state index contributed by atoms with van der Waals surface area (Å²) in [5.41, 5.74) is 4.59. The molecule has 172 valence electrons. The van der Waals surface area contributed by atoms with Gasteiger partial charge in [0.25, 0.3) is 0 Å². The van der Waals surface area contributed by atoms with Crippen molar-refractivity contribution in [1.82, 2.24) is 10.6 Å². The standard InChI is InChI=1S/C27H36N2O2S/c1-4-6-8-13-23-22-16-20(19-11-9-7-10-12-19)14-15-21(22)17-24(26(30)28-23)29-27(31)25(32)18(3)5-2/h7,9-12,14-16,18,23-25,32H,4-6,8,13,17H2,1-3H3,(H,28,30)(H,29,31)/t18-,23?,24+,25+/m1/s1. The number of thiol groups is 1. The fraction of sp³-hybridized carbons (Fsp3) is 0.481. The Bertz CT molecular complexity index is 915. The molecule has 0 fully saturated rings. The fourth-order valence-corrected chi connectivity index (χ4v) is 4.54. The van der Waals surface area contributed by atoms with E-state index in [1.54, 1.807) is 0 Å². The second-order valence-electron chi connectivity index (χ2n) is 8.93. The minimum atomic E-state index is -0.585. The quantitative estimate of drug-likeness (QED) is 0.349. The first-order valence-electron chi connectivity index (χ1n) is 11.9. The van der Waals surface area contributed by atoms with Crippen LogP contribution in [0, 0.1) is 5.92 Å². The minimum Gasteiger partial charge on any atom is -0.347 e. The Morgan fingerprint density at radius 1 is 1.12 bits per heavy atom. The molecule has 2 aromatic rings. The summed E-state index contributed by atoms with van der Waals surface area (Å²) in [5, 5.41) is 5.78. The number of hydrogen-bond acceptors (Lipinski definition) is 3. The van der Waals surface area contributed by atoms with E-state index in [9.17, 15) is 9.59 Å².